The second-order valence-electron chi connectivity index (χ2n) is 7.01. The molecular weight excluding hydrogens is 330 g/mol. The van der Waals surface area contributed by atoms with Gasteiger partial charge in [-0.15, -0.1) is 0 Å². The van der Waals surface area contributed by atoms with Crippen molar-refractivity contribution in [3.8, 4) is 0 Å². The van der Waals surface area contributed by atoms with Gasteiger partial charge in [-0.25, -0.2) is 9.97 Å². The third kappa shape index (κ3) is 2.88. The lowest BCUT2D eigenvalue weighted by molar-refractivity contribution is 0.0417. The first-order chi connectivity index (χ1) is 12.5. The lowest BCUT2D eigenvalue weighted by Gasteiger charge is -2.33. The standard InChI is InChI=1S/C19H23N5O2/c1-22-9-5-14-3-4-15(21-17(14)22)19(26)24-10-6-13(7-11-24)16(25)18-20-8-12-23(18)2/h3-5,8-9,12-13,16,25H,6-7,10-11H2,1-2H3. The molecule has 3 aromatic heterocycles. The lowest BCUT2D eigenvalue weighted by Crippen LogP contribution is -2.40. The number of hydrogen-bond acceptors (Lipinski definition) is 4. The number of pyridine rings is 1. The Morgan fingerprint density at radius 3 is 2.62 bits per heavy atom. The molecule has 7 heteroatoms. The number of amides is 1. The number of carbonyl (C=O) groups excluding carboxylic acids is 1. The van der Waals surface area contributed by atoms with Crippen molar-refractivity contribution in [1.82, 2.24) is 24.0 Å². The van der Waals surface area contributed by atoms with Crippen molar-refractivity contribution in [1.29, 1.82) is 0 Å². The molecule has 7 nitrogen and oxygen atoms in total. The summed E-state index contributed by atoms with van der Waals surface area (Å²) in [6.45, 7) is 1.25. The van der Waals surface area contributed by atoms with Crippen molar-refractivity contribution < 1.29 is 9.90 Å². The number of likely N-dealkylation sites (tertiary alicyclic amines) is 1. The second-order valence-corrected chi connectivity index (χ2v) is 7.01. The molecule has 4 heterocycles. The van der Waals surface area contributed by atoms with Crippen molar-refractivity contribution in [3.05, 3.63) is 48.3 Å². The van der Waals surface area contributed by atoms with Crippen LogP contribution in [0.2, 0.25) is 0 Å². The highest BCUT2D eigenvalue weighted by molar-refractivity contribution is 5.94. The minimum Gasteiger partial charge on any atom is -0.385 e. The van der Waals surface area contributed by atoms with E-state index in [-0.39, 0.29) is 11.8 Å². The second kappa shape index (κ2) is 6.57. The molecule has 0 spiro atoms. The summed E-state index contributed by atoms with van der Waals surface area (Å²) in [5.74, 6) is 0.757. The molecule has 1 saturated heterocycles. The molecule has 0 radical (unpaired) electrons. The van der Waals surface area contributed by atoms with Gasteiger partial charge >= 0.3 is 0 Å². The highest BCUT2D eigenvalue weighted by atomic mass is 16.3. The number of nitrogens with zero attached hydrogens (tertiary/aromatic N) is 5. The number of aliphatic hydroxyl groups is 1. The van der Waals surface area contributed by atoms with E-state index in [1.165, 1.54) is 0 Å². The molecule has 1 aliphatic rings. The Bertz CT molecular complexity index is 936. The molecule has 4 rings (SSSR count). The molecule has 1 atom stereocenters. The van der Waals surface area contributed by atoms with E-state index in [1.807, 2.05) is 52.7 Å². The van der Waals surface area contributed by atoms with Gasteiger partial charge in [-0.1, -0.05) is 0 Å². The van der Waals surface area contributed by atoms with Crippen LogP contribution in [0.25, 0.3) is 11.0 Å². The zero-order valence-corrected chi connectivity index (χ0v) is 15.0. The predicted molar refractivity (Wildman–Crippen MR) is 97.5 cm³/mol. The van der Waals surface area contributed by atoms with Gasteiger partial charge in [-0.05, 0) is 37.0 Å². The molecule has 1 N–H and O–H groups in total. The molecule has 1 fully saturated rings. The van der Waals surface area contributed by atoms with Crippen LogP contribution in [-0.4, -0.2) is 48.1 Å². The molecule has 1 amide bonds. The number of piperidine rings is 1. The van der Waals surface area contributed by atoms with E-state index in [4.69, 9.17) is 0 Å². The zero-order valence-electron chi connectivity index (χ0n) is 15.0. The fraction of sp³-hybridized carbons (Fsp3) is 0.421. The molecule has 0 saturated carbocycles. The van der Waals surface area contributed by atoms with E-state index >= 15 is 0 Å². The van der Waals surface area contributed by atoms with Gasteiger partial charge in [0.1, 0.15) is 23.3 Å². The Balaban J connectivity index is 1.44. The van der Waals surface area contributed by atoms with Crippen LogP contribution < -0.4 is 0 Å². The zero-order chi connectivity index (χ0) is 18.3. The largest absolute Gasteiger partial charge is 0.385 e. The van der Waals surface area contributed by atoms with E-state index in [2.05, 4.69) is 9.97 Å². The first-order valence-electron chi connectivity index (χ1n) is 8.91. The number of imidazole rings is 1. The highest BCUT2D eigenvalue weighted by Crippen LogP contribution is 2.30. The van der Waals surface area contributed by atoms with Crippen LogP contribution in [0.15, 0.2) is 36.8 Å². The van der Waals surface area contributed by atoms with Gasteiger partial charge in [0.2, 0.25) is 0 Å². The Morgan fingerprint density at radius 1 is 1.15 bits per heavy atom. The van der Waals surface area contributed by atoms with Crippen molar-refractivity contribution >= 4 is 16.9 Å². The van der Waals surface area contributed by atoms with Crippen LogP contribution >= 0.6 is 0 Å². The molecule has 0 aliphatic carbocycles. The molecule has 136 valence electrons. The van der Waals surface area contributed by atoms with E-state index in [1.54, 1.807) is 12.3 Å². The molecular formula is C19H23N5O2. The number of carbonyl (C=O) groups is 1. The summed E-state index contributed by atoms with van der Waals surface area (Å²) in [5.41, 5.74) is 1.29. The molecule has 26 heavy (non-hydrogen) atoms. The van der Waals surface area contributed by atoms with E-state index in [0.717, 1.165) is 23.9 Å². The summed E-state index contributed by atoms with van der Waals surface area (Å²) in [6.07, 6.45) is 6.39. The molecule has 1 aliphatic heterocycles. The first-order valence-corrected chi connectivity index (χ1v) is 8.91. The Labute approximate surface area is 151 Å². The van der Waals surface area contributed by atoms with Gasteiger partial charge in [0.15, 0.2) is 0 Å². The van der Waals surface area contributed by atoms with Gasteiger partial charge in [-0.2, -0.15) is 0 Å². The van der Waals surface area contributed by atoms with E-state index < -0.39 is 6.10 Å². The van der Waals surface area contributed by atoms with Crippen LogP contribution in [0.3, 0.4) is 0 Å². The quantitative estimate of drug-likeness (QED) is 0.780. The Morgan fingerprint density at radius 2 is 1.92 bits per heavy atom. The number of aliphatic hydroxyl groups excluding tert-OH is 1. The molecule has 1 unspecified atom stereocenters. The summed E-state index contributed by atoms with van der Waals surface area (Å²) < 4.78 is 3.77. The minimum absolute atomic E-state index is 0.0435. The normalized spacial score (nSPS) is 17.0. The van der Waals surface area contributed by atoms with Crippen molar-refractivity contribution in [2.75, 3.05) is 13.1 Å². The third-order valence-electron chi connectivity index (χ3n) is 5.33. The van der Waals surface area contributed by atoms with Crippen LogP contribution in [0.1, 0.15) is 35.3 Å². The Hall–Kier alpha value is -2.67. The Kier molecular flexibility index (Phi) is 4.24. The fourth-order valence-corrected chi connectivity index (χ4v) is 3.71. The molecule has 3 aromatic rings. The molecule has 0 bridgehead atoms. The number of fused-ring (bicyclic) bond motifs is 1. The van der Waals surface area contributed by atoms with Crippen LogP contribution in [0, 0.1) is 5.92 Å². The number of hydrogen-bond donors (Lipinski definition) is 1. The predicted octanol–water partition coefficient (Wildman–Crippen LogP) is 1.89. The van der Waals surface area contributed by atoms with Crippen LogP contribution in [-0.2, 0) is 14.1 Å². The molecule has 0 aromatic carbocycles. The summed E-state index contributed by atoms with van der Waals surface area (Å²) in [4.78, 5) is 23.4. The van der Waals surface area contributed by atoms with Gasteiger partial charge in [0.25, 0.3) is 5.91 Å². The topological polar surface area (TPSA) is 76.2 Å². The summed E-state index contributed by atoms with van der Waals surface area (Å²) in [5, 5.41) is 11.6. The average molecular weight is 353 g/mol. The summed E-state index contributed by atoms with van der Waals surface area (Å²) in [7, 11) is 3.81. The van der Waals surface area contributed by atoms with Gasteiger partial charge in [0, 0.05) is 51.2 Å². The van der Waals surface area contributed by atoms with Crippen LogP contribution in [0.4, 0.5) is 0 Å². The van der Waals surface area contributed by atoms with E-state index in [0.29, 0.717) is 24.6 Å². The van der Waals surface area contributed by atoms with Gasteiger partial charge in [0.05, 0.1) is 0 Å². The maximum Gasteiger partial charge on any atom is 0.272 e. The van der Waals surface area contributed by atoms with Gasteiger partial charge < -0.3 is 19.1 Å². The summed E-state index contributed by atoms with van der Waals surface area (Å²) >= 11 is 0. The van der Waals surface area contributed by atoms with Gasteiger partial charge in [-0.3, -0.25) is 4.79 Å². The third-order valence-corrected chi connectivity index (χ3v) is 5.33. The average Bonchev–Trinajstić information content (AvgIpc) is 3.26. The highest BCUT2D eigenvalue weighted by Gasteiger charge is 2.30. The van der Waals surface area contributed by atoms with Crippen molar-refractivity contribution in [2.24, 2.45) is 20.0 Å². The summed E-state index contributed by atoms with van der Waals surface area (Å²) in [6, 6.07) is 5.72. The van der Waals surface area contributed by atoms with Crippen molar-refractivity contribution in [2.45, 2.75) is 18.9 Å². The number of rotatable bonds is 3. The number of aryl methyl sites for hydroxylation is 2. The van der Waals surface area contributed by atoms with E-state index in [9.17, 15) is 9.90 Å². The maximum atomic E-state index is 12.8. The van der Waals surface area contributed by atoms with Crippen molar-refractivity contribution in [3.63, 3.8) is 0 Å². The fourth-order valence-electron chi connectivity index (χ4n) is 3.71. The SMILES string of the molecule is Cn1ccnc1C(O)C1CCN(C(=O)c2ccc3ccn(C)c3n2)CC1. The maximum absolute atomic E-state index is 12.8. The van der Waals surface area contributed by atoms with Crippen LogP contribution in [0.5, 0.6) is 0 Å². The number of aromatic nitrogens is 4. The minimum atomic E-state index is -0.593. The monoisotopic (exact) mass is 353 g/mol. The first kappa shape index (κ1) is 16.8. The lowest BCUT2D eigenvalue weighted by atomic mass is 9.90. The smallest absolute Gasteiger partial charge is 0.272 e.